The predicted molar refractivity (Wildman–Crippen MR) is 120 cm³/mol. The van der Waals surface area contributed by atoms with Crippen molar-refractivity contribution >= 4 is 23.2 Å². The van der Waals surface area contributed by atoms with Crippen molar-refractivity contribution in [3.8, 4) is 5.75 Å². The first kappa shape index (κ1) is 21.1. The lowest BCUT2D eigenvalue weighted by Gasteiger charge is -2.16. The zero-order valence-corrected chi connectivity index (χ0v) is 17.2. The van der Waals surface area contributed by atoms with Crippen LogP contribution in [0.4, 0.5) is 11.4 Å². The van der Waals surface area contributed by atoms with Gasteiger partial charge in [0, 0.05) is 5.69 Å². The third-order valence-electron chi connectivity index (χ3n) is 4.90. The summed E-state index contributed by atoms with van der Waals surface area (Å²) in [5.41, 5.74) is 2.59. The van der Waals surface area contributed by atoms with E-state index in [4.69, 9.17) is 4.74 Å². The van der Waals surface area contributed by atoms with Crippen LogP contribution in [0.15, 0.2) is 78.9 Å². The molecule has 0 radical (unpaired) electrons. The Bertz CT molecular complexity index is 1000. The van der Waals surface area contributed by atoms with Gasteiger partial charge >= 0.3 is 0 Å². The van der Waals surface area contributed by atoms with E-state index in [1.165, 1.54) is 0 Å². The lowest BCUT2D eigenvalue weighted by Crippen LogP contribution is -2.23. The van der Waals surface area contributed by atoms with E-state index in [-0.39, 0.29) is 18.4 Å². The predicted octanol–water partition coefficient (Wildman–Crippen LogP) is 5.47. The normalized spacial score (nSPS) is 11.4. The Balaban J connectivity index is 1.66. The van der Waals surface area contributed by atoms with Crippen molar-refractivity contribution in [3.05, 3.63) is 90.0 Å². The zero-order valence-electron chi connectivity index (χ0n) is 17.2. The molecule has 0 aliphatic heterocycles. The van der Waals surface area contributed by atoms with Crippen molar-refractivity contribution in [1.82, 2.24) is 0 Å². The Kier molecular flexibility index (Phi) is 7.22. The molecule has 30 heavy (non-hydrogen) atoms. The standard InChI is InChI=1S/C25H26N2O3/c1-3-18(2)20-13-8-10-16-23(20)30-17-24(28)27-22-15-9-7-14-21(22)25(29)26-19-11-5-4-6-12-19/h4-16,18H,3,17H2,1-2H3,(H,26,29)(H,27,28)/t18-/m0/s1. The number of amides is 2. The number of carbonyl (C=O) groups excluding carboxylic acids is 2. The van der Waals surface area contributed by atoms with Gasteiger partial charge in [-0.1, -0.05) is 62.4 Å². The van der Waals surface area contributed by atoms with Gasteiger partial charge < -0.3 is 15.4 Å². The summed E-state index contributed by atoms with van der Waals surface area (Å²) in [7, 11) is 0. The van der Waals surface area contributed by atoms with Crippen molar-refractivity contribution < 1.29 is 14.3 Å². The molecular formula is C25H26N2O3. The van der Waals surface area contributed by atoms with E-state index >= 15 is 0 Å². The van der Waals surface area contributed by atoms with Gasteiger partial charge in [0.25, 0.3) is 11.8 Å². The highest BCUT2D eigenvalue weighted by molar-refractivity contribution is 6.10. The number of hydrogen-bond donors (Lipinski definition) is 2. The molecule has 0 heterocycles. The quantitative estimate of drug-likeness (QED) is 0.525. The number of ether oxygens (including phenoxy) is 1. The van der Waals surface area contributed by atoms with Crippen LogP contribution in [0.5, 0.6) is 5.75 Å². The molecule has 3 aromatic rings. The number of nitrogens with one attached hydrogen (secondary N) is 2. The summed E-state index contributed by atoms with van der Waals surface area (Å²) in [6, 6.07) is 23.8. The molecule has 2 amide bonds. The number of hydrogen-bond acceptors (Lipinski definition) is 3. The van der Waals surface area contributed by atoms with Gasteiger partial charge in [-0.25, -0.2) is 0 Å². The summed E-state index contributed by atoms with van der Waals surface area (Å²) in [4.78, 5) is 25.2. The topological polar surface area (TPSA) is 67.4 Å². The van der Waals surface area contributed by atoms with E-state index in [1.54, 1.807) is 24.3 Å². The smallest absolute Gasteiger partial charge is 0.262 e. The Labute approximate surface area is 177 Å². The van der Waals surface area contributed by atoms with E-state index in [9.17, 15) is 9.59 Å². The summed E-state index contributed by atoms with van der Waals surface area (Å²) in [5, 5.41) is 5.62. The molecule has 0 unspecified atom stereocenters. The van der Waals surface area contributed by atoms with E-state index in [1.807, 2.05) is 54.6 Å². The molecule has 0 aromatic heterocycles. The van der Waals surface area contributed by atoms with E-state index < -0.39 is 0 Å². The van der Waals surface area contributed by atoms with Gasteiger partial charge in [0.15, 0.2) is 6.61 Å². The van der Waals surface area contributed by atoms with Gasteiger partial charge in [-0.2, -0.15) is 0 Å². The summed E-state index contributed by atoms with van der Waals surface area (Å²) in [6.07, 6.45) is 0.983. The summed E-state index contributed by atoms with van der Waals surface area (Å²) in [5.74, 6) is 0.429. The number of anilines is 2. The minimum atomic E-state index is -0.325. The highest BCUT2D eigenvalue weighted by Crippen LogP contribution is 2.28. The molecule has 0 bridgehead atoms. The van der Waals surface area contributed by atoms with Crippen LogP contribution in [0.1, 0.15) is 42.1 Å². The van der Waals surface area contributed by atoms with Crippen molar-refractivity contribution in [1.29, 1.82) is 0 Å². The largest absolute Gasteiger partial charge is 0.483 e. The molecule has 0 fully saturated rings. The fourth-order valence-electron chi connectivity index (χ4n) is 3.08. The third kappa shape index (κ3) is 5.47. The third-order valence-corrected chi connectivity index (χ3v) is 4.90. The summed E-state index contributed by atoms with van der Waals surface area (Å²) < 4.78 is 5.78. The first-order chi connectivity index (χ1) is 14.6. The Morgan fingerprint density at radius 1 is 0.867 bits per heavy atom. The van der Waals surface area contributed by atoms with Crippen LogP contribution in [0, 0.1) is 0 Å². The molecule has 1 atom stereocenters. The maximum Gasteiger partial charge on any atom is 0.262 e. The SMILES string of the molecule is CC[C@H](C)c1ccccc1OCC(=O)Nc1ccccc1C(=O)Nc1ccccc1. The fraction of sp³-hybridized carbons (Fsp3) is 0.200. The lowest BCUT2D eigenvalue weighted by molar-refractivity contribution is -0.118. The average molecular weight is 402 g/mol. The first-order valence-electron chi connectivity index (χ1n) is 10.1. The number of para-hydroxylation sites is 3. The molecule has 3 aromatic carbocycles. The van der Waals surface area contributed by atoms with Crippen LogP contribution >= 0.6 is 0 Å². The maximum absolute atomic E-state index is 12.7. The van der Waals surface area contributed by atoms with Crippen molar-refractivity contribution in [2.24, 2.45) is 0 Å². The molecule has 3 rings (SSSR count). The first-order valence-corrected chi connectivity index (χ1v) is 10.1. The Morgan fingerprint density at radius 3 is 2.30 bits per heavy atom. The molecule has 154 valence electrons. The lowest BCUT2D eigenvalue weighted by atomic mass is 9.98. The molecule has 0 saturated carbocycles. The minimum absolute atomic E-state index is 0.137. The maximum atomic E-state index is 12.7. The number of carbonyl (C=O) groups is 2. The minimum Gasteiger partial charge on any atom is -0.483 e. The second-order valence-corrected chi connectivity index (χ2v) is 7.05. The highest BCUT2D eigenvalue weighted by Gasteiger charge is 2.15. The molecule has 0 spiro atoms. The van der Waals surface area contributed by atoms with Gasteiger partial charge in [-0.05, 0) is 48.2 Å². The van der Waals surface area contributed by atoms with Gasteiger partial charge in [-0.3, -0.25) is 9.59 Å². The van der Waals surface area contributed by atoms with Gasteiger partial charge in [-0.15, -0.1) is 0 Å². The van der Waals surface area contributed by atoms with Crippen LogP contribution in [0.25, 0.3) is 0 Å². The second-order valence-electron chi connectivity index (χ2n) is 7.05. The zero-order chi connectivity index (χ0) is 21.3. The van der Waals surface area contributed by atoms with Crippen molar-refractivity contribution in [2.45, 2.75) is 26.2 Å². The Hall–Kier alpha value is -3.60. The van der Waals surface area contributed by atoms with Crippen LogP contribution < -0.4 is 15.4 Å². The monoisotopic (exact) mass is 402 g/mol. The van der Waals surface area contributed by atoms with Gasteiger partial charge in [0.2, 0.25) is 0 Å². The van der Waals surface area contributed by atoms with E-state index in [2.05, 4.69) is 24.5 Å². The molecule has 0 saturated heterocycles. The molecule has 5 heteroatoms. The van der Waals surface area contributed by atoms with Crippen molar-refractivity contribution in [2.75, 3.05) is 17.2 Å². The van der Waals surface area contributed by atoms with E-state index in [0.29, 0.717) is 28.6 Å². The average Bonchev–Trinajstić information content (AvgIpc) is 2.78. The molecular weight excluding hydrogens is 376 g/mol. The Morgan fingerprint density at radius 2 is 1.53 bits per heavy atom. The van der Waals surface area contributed by atoms with Gasteiger partial charge in [0.1, 0.15) is 5.75 Å². The number of rotatable bonds is 8. The van der Waals surface area contributed by atoms with Crippen molar-refractivity contribution in [3.63, 3.8) is 0 Å². The fourth-order valence-corrected chi connectivity index (χ4v) is 3.08. The van der Waals surface area contributed by atoms with Crippen LogP contribution in [-0.2, 0) is 4.79 Å². The molecule has 0 aliphatic rings. The highest BCUT2D eigenvalue weighted by atomic mass is 16.5. The summed E-state index contributed by atoms with van der Waals surface area (Å²) in [6.45, 7) is 4.11. The molecule has 2 N–H and O–H groups in total. The number of benzene rings is 3. The van der Waals surface area contributed by atoms with Crippen LogP contribution in [0.3, 0.4) is 0 Å². The van der Waals surface area contributed by atoms with Crippen LogP contribution in [0.2, 0.25) is 0 Å². The van der Waals surface area contributed by atoms with E-state index in [0.717, 1.165) is 12.0 Å². The summed E-state index contributed by atoms with van der Waals surface area (Å²) >= 11 is 0. The molecule has 0 aliphatic carbocycles. The molecule has 5 nitrogen and oxygen atoms in total. The van der Waals surface area contributed by atoms with Gasteiger partial charge in [0.05, 0.1) is 11.3 Å². The second kappa shape index (κ2) is 10.3. The van der Waals surface area contributed by atoms with Crippen LogP contribution in [-0.4, -0.2) is 18.4 Å².